The van der Waals surface area contributed by atoms with Gasteiger partial charge in [-0.05, 0) is 44.2 Å². The third-order valence-electron chi connectivity index (χ3n) is 4.41. The number of ether oxygens (including phenoxy) is 1. The second kappa shape index (κ2) is 7.86. The average molecular weight is 376 g/mol. The van der Waals surface area contributed by atoms with Crippen molar-refractivity contribution in [3.05, 3.63) is 51.5 Å². The number of nitrogens with zero attached hydrogens (tertiary/aromatic N) is 2. The van der Waals surface area contributed by atoms with Crippen LogP contribution in [-0.4, -0.2) is 49.6 Å². The summed E-state index contributed by atoms with van der Waals surface area (Å²) in [6.45, 7) is 5.96. The number of carbonyl (C=O) groups excluding carboxylic acids is 2. The van der Waals surface area contributed by atoms with Gasteiger partial charge < -0.3 is 14.5 Å². The normalized spacial score (nSPS) is 14.4. The fraction of sp³-hybridized carbons (Fsp3) is 0.368. The molecule has 1 fully saturated rings. The molecule has 138 valence electrons. The van der Waals surface area contributed by atoms with Crippen LogP contribution in [-0.2, 0) is 9.53 Å². The molecule has 3 rings (SSSR count). The molecule has 0 aliphatic carbocycles. The zero-order valence-electron chi connectivity index (χ0n) is 14.8. The predicted molar refractivity (Wildman–Crippen MR) is 99.3 cm³/mol. The molecule has 0 unspecified atom stereocenters. The van der Waals surface area contributed by atoms with Gasteiger partial charge in [-0.15, -0.1) is 11.3 Å². The molecule has 2 heterocycles. The number of halogens is 1. The van der Waals surface area contributed by atoms with E-state index in [1.54, 1.807) is 23.1 Å². The Hall–Kier alpha value is -2.41. The van der Waals surface area contributed by atoms with Crippen LogP contribution in [0.5, 0.6) is 0 Å². The molecule has 0 spiro atoms. The molecule has 0 bridgehead atoms. The molecule has 0 radical (unpaired) electrons. The van der Waals surface area contributed by atoms with E-state index in [4.69, 9.17) is 4.74 Å². The van der Waals surface area contributed by atoms with Crippen molar-refractivity contribution < 1.29 is 18.7 Å². The van der Waals surface area contributed by atoms with Crippen molar-refractivity contribution in [3.8, 4) is 0 Å². The first kappa shape index (κ1) is 18.4. The van der Waals surface area contributed by atoms with Gasteiger partial charge in [0.2, 0.25) is 0 Å². The summed E-state index contributed by atoms with van der Waals surface area (Å²) < 4.78 is 18.2. The number of carbonyl (C=O) groups is 2. The third-order valence-corrected chi connectivity index (χ3v) is 5.38. The Labute approximate surface area is 156 Å². The summed E-state index contributed by atoms with van der Waals surface area (Å²) in [7, 11) is 0. The molecule has 26 heavy (non-hydrogen) atoms. The second-order valence-electron chi connectivity index (χ2n) is 6.25. The quantitative estimate of drug-likeness (QED) is 0.770. The van der Waals surface area contributed by atoms with Crippen LogP contribution >= 0.6 is 11.3 Å². The van der Waals surface area contributed by atoms with Gasteiger partial charge in [0, 0.05) is 41.6 Å². The lowest BCUT2D eigenvalue weighted by Crippen LogP contribution is -2.49. The Morgan fingerprint density at radius 3 is 2.35 bits per heavy atom. The van der Waals surface area contributed by atoms with E-state index in [1.165, 1.54) is 23.5 Å². The minimum Gasteiger partial charge on any atom is -0.452 e. The SMILES string of the molecule is Cc1cc(C(=O)OCC(=O)N2CCN(c3ccc(F)cc3)CC2)c(C)s1. The summed E-state index contributed by atoms with van der Waals surface area (Å²) >= 11 is 1.53. The van der Waals surface area contributed by atoms with Crippen molar-refractivity contribution in [1.82, 2.24) is 4.90 Å². The number of anilines is 1. The lowest BCUT2D eigenvalue weighted by molar-refractivity contribution is -0.134. The lowest BCUT2D eigenvalue weighted by atomic mass is 10.2. The molecule has 1 aliphatic heterocycles. The highest BCUT2D eigenvalue weighted by molar-refractivity contribution is 7.12. The van der Waals surface area contributed by atoms with Crippen molar-refractivity contribution in [1.29, 1.82) is 0 Å². The van der Waals surface area contributed by atoms with Gasteiger partial charge in [-0.1, -0.05) is 0 Å². The van der Waals surface area contributed by atoms with Crippen LogP contribution in [0, 0.1) is 19.7 Å². The van der Waals surface area contributed by atoms with Crippen LogP contribution in [0.3, 0.4) is 0 Å². The highest BCUT2D eigenvalue weighted by Crippen LogP contribution is 2.21. The van der Waals surface area contributed by atoms with Crippen molar-refractivity contribution in [2.75, 3.05) is 37.7 Å². The minimum absolute atomic E-state index is 0.193. The Balaban J connectivity index is 1.48. The topological polar surface area (TPSA) is 49.9 Å². The molecular weight excluding hydrogens is 355 g/mol. The highest BCUT2D eigenvalue weighted by Gasteiger charge is 2.23. The fourth-order valence-electron chi connectivity index (χ4n) is 3.00. The Morgan fingerprint density at radius 2 is 1.77 bits per heavy atom. The van der Waals surface area contributed by atoms with Gasteiger partial charge in [0.15, 0.2) is 6.61 Å². The molecule has 1 aromatic carbocycles. The molecule has 1 saturated heterocycles. The largest absolute Gasteiger partial charge is 0.452 e. The summed E-state index contributed by atoms with van der Waals surface area (Å²) in [6.07, 6.45) is 0. The van der Waals surface area contributed by atoms with E-state index in [-0.39, 0.29) is 18.3 Å². The van der Waals surface area contributed by atoms with Crippen LogP contribution in [0.1, 0.15) is 20.1 Å². The number of hydrogen-bond donors (Lipinski definition) is 0. The maximum absolute atomic E-state index is 13.0. The molecule has 1 amide bonds. The van der Waals surface area contributed by atoms with Gasteiger partial charge in [-0.2, -0.15) is 0 Å². The van der Waals surface area contributed by atoms with E-state index >= 15 is 0 Å². The average Bonchev–Trinajstić information content (AvgIpc) is 2.98. The Kier molecular flexibility index (Phi) is 5.56. The van der Waals surface area contributed by atoms with Crippen LogP contribution < -0.4 is 4.90 Å². The summed E-state index contributed by atoms with van der Waals surface area (Å²) in [4.78, 5) is 30.1. The van der Waals surface area contributed by atoms with Crippen molar-refractivity contribution >= 4 is 28.9 Å². The molecule has 1 aliphatic rings. The van der Waals surface area contributed by atoms with Gasteiger partial charge >= 0.3 is 5.97 Å². The maximum atomic E-state index is 13.0. The van der Waals surface area contributed by atoms with E-state index in [1.807, 2.05) is 13.8 Å². The summed E-state index contributed by atoms with van der Waals surface area (Å²) in [6, 6.07) is 8.12. The number of hydrogen-bond acceptors (Lipinski definition) is 5. The number of thiophene rings is 1. The third kappa shape index (κ3) is 4.22. The summed E-state index contributed by atoms with van der Waals surface area (Å²) in [5, 5.41) is 0. The highest BCUT2D eigenvalue weighted by atomic mass is 32.1. The molecule has 0 saturated carbocycles. The number of amides is 1. The van der Waals surface area contributed by atoms with Crippen LogP contribution in [0.15, 0.2) is 30.3 Å². The number of benzene rings is 1. The zero-order valence-corrected chi connectivity index (χ0v) is 15.6. The predicted octanol–water partition coefficient (Wildman–Crippen LogP) is 3.01. The smallest absolute Gasteiger partial charge is 0.339 e. The standard InChI is InChI=1S/C19H21FN2O3S/c1-13-11-17(14(2)26-13)19(24)25-12-18(23)22-9-7-21(8-10-22)16-5-3-15(20)4-6-16/h3-6,11H,7-10,12H2,1-2H3. The first-order valence-electron chi connectivity index (χ1n) is 8.46. The second-order valence-corrected chi connectivity index (χ2v) is 7.71. The van der Waals surface area contributed by atoms with Gasteiger partial charge in [-0.25, -0.2) is 9.18 Å². The lowest BCUT2D eigenvalue weighted by Gasteiger charge is -2.36. The molecule has 2 aromatic rings. The Bertz CT molecular complexity index is 796. The molecule has 5 nitrogen and oxygen atoms in total. The zero-order chi connectivity index (χ0) is 18.7. The Morgan fingerprint density at radius 1 is 1.12 bits per heavy atom. The number of piperazine rings is 1. The molecule has 1 aromatic heterocycles. The van der Waals surface area contributed by atoms with E-state index < -0.39 is 5.97 Å². The van der Waals surface area contributed by atoms with E-state index in [2.05, 4.69) is 4.90 Å². The van der Waals surface area contributed by atoms with Crippen molar-refractivity contribution in [2.45, 2.75) is 13.8 Å². The molecule has 0 N–H and O–H groups in total. The number of esters is 1. The van der Waals surface area contributed by atoms with Gasteiger partial charge in [0.1, 0.15) is 5.82 Å². The van der Waals surface area contributed by atoms with Gasteiger partial charge in [0.05, 0.1) is 5.56 Å². The van der Waals surface area contributed by atoms with Crippen LogP contribution in [0.4, 0.5) is 10.1 Å². The summed E-state index contributed by atoms with van der Waals surface area (Å²) in [5.41, 5.74) is 1.47. The van der Waals surface area contributed by atoms with Crippen molar-refractivity contribution in [3.63, 3.8) is 0 Å². The van der Waals surface area contributed by atoms with Crippen LogP contribution in [0.25, 0.3) is 0 Å². The monoisotopic (exact) mass is 376 g/mol. The maximum Gasteiger partial charge on any atom is 0.339 e. The minimum atomic E-state index is -0.454. The molecular formula is C19H21FN2O3S. The first-order chi connectivity index (χ1) is 12.4. The van der Waals surface area contributed by atoms with Crippen molar-refractivity contribution in [2.24, 2.45) is 0 Å². The fourth-order valence-corrected chi connectivity index (χ4v) is 3.91. The van der Waals surface area contributed by atoms with E-state index in [0.29, 0.717) is 31.7 Å². The van der Waals surface area contributed by atoms with Gasteiger partial charge in [0.25, 0.3) is 5.91 Å². The molecule has 0 atom stereocenters. The first-order valence-corrected chi connectivity index (χ1v) is 9.28. The van der Waals surface area contributed by atoms with E-state index in [9.17, 15) is 14.0 Å². The number of aryl methyl sites for hydroxylation is 2. The molecule has 7 heteroatoms. The van der Waals surface area contributed by atoms with E-state index in [0.717, 1.165) is 15.4 Å². The summed E-state index contributed by atoms with van der Waals surface area (Å²) in [5.74, 6) is -0.910. The number of rotatable bonds is 4. The van der Waals surface area contributed by atoms with Gasteiger partial charge in [-0.3, -0.25) is 4.79 Å². The van der Waals surface area contributed by atoms with Crippen LogP contribution in [0.2, 0.25) is 0 Å².